The molecule has 0 spiro atoms. The van der Waals surface area contributed by atoms with Crippen LogP contribution in [0.3, 0.4) is 0 Å². The normalized spacial score (nSPS) is 12.2. The summed E-state index contributed by atoms with van der Waals surface area (Å²) in [5.41, 5.74) is 2.44. The molecule has 0 saturated carbocycles. The Labute approximate surface area is 163 Å². The van der Waals surface area contributed by atoms with E-state index < -0.39 is 0 Å². The van der Waals surface area contributed by atoms with Crippen molar-refractivity contribution in [2.45, 2.75) is 44.9 Å². The summed E-state index contributed by atoms with van der Waals surface area (Å²) in [5, 5.41) is 25.8. The molecule has 4 heteroatoms. The number of phenolic OH excluding ortho intramolecular Hbond substituents is 2. The lowest BCUT2D eigenvalue weighted by Crippen LogP contribution is -2.21. The van der Waals surface area contributed by atoms with Crippen molar-refractivity contribution in [2.24, 2.45) is 0 Å². The maximum Gasteiger partial charge on any atom is 0.157 e. The monoisotopic (exact) mass is 370 g/mol. The number of hydrogen-bond donors (Lipinski definition) is 4. The summed E-state index contributed by atoms with van der Waals surface area (Å²) in [6.45, 7) is 6.33. The molecule has 0 heterocycles. The fraction of sp³-hybridized carbons (Fsp3) is 0.478. The first kappa shape index (κ1) is 21.3. The second-order valence-corrected chi connectivity index (χ2v) is 7.25. The zero-order chi connectivity index (χ0) is 19.3. The van der Waals surface area contributed by atoms with Gasteiger partial charge in [-0.05, 0) is 68.1 Å². The molecule has 0 radical (unpaired) electrons. The second-order valence-electron chi connectivity index (χ2n) is 7.25. The van der Waals surface area contributed by atoms with E-state index in [4.69, 9.17) is 0 Å². The van der Waals surface area contributed by atoms with Crippen LogP contribution in [0.15, 0.2) is 48.5 Å². The smallest absolute Gasteiger partial charge is 0.157 e. The summed E-state index contributed by atoms with van der Waals surface area (Å²) in [5.74, 6) is 0.459. The van der Waals surface area contributed by atoms with Crippen molar-refractivity contribution in [1.29, 1.82) is 0 Å². The molecule has 0 aromatic heterocycles. The molecule has 2 aromatic rings. The van der Waals surface area contributed by atoms with E-state index in [1.54, 1.807) is 12.1 Å². The van der Waals surface area contributed by atoms with Gasteiger partial charge in [-0.25, -0.2) is 0 Å². The number of unbranched alkanes of at least 4 members (excludes halogenated alkanes) is 3. The Bertz CT molecular complexity index is 646. The molecular formula is C23H34N2O2. The maximum atomic E-state index is 9.47. The summed E-state index contributed by atoms with van der Waals surface area (Å²) in [6, 6.07) is 15.7. The third-order valence-electron chi connectivity index (χ3n) is 4.91. The van der Waals surface area contributed by atoms with Crippen molar-refractivity contribution in [3.8, 4) is 11.5 Å². The van der Waals surface area contributed by atoms with E-state index >= 15 is 0 Å². The van der Waals surface area contributed by atoms with Gasteiger partial charge in [0.15, 0.2) is 11.5 Å². The number of benzene rings is 2. The van der Waals surface area contributed by atoms with Crippen molar-refractivity contribution in [2.75, 3.05) is 26.2 Å². The van der Waals surface area contributed by atoms with Crippen LogP contribution in [-0.2, 0) is 6.42 Å². The molecule has 1 unspecified atom stereocenters. The Morgan fingerprint density at radius 1 is 0.778 bits per heavy atom. The SMILES string of the molecule is CC(CNCCCCCCNCCc1ccc(O)c(O)c1)c1ccccc1. The summed E-state index contributed by atoms with van der Waals surface area (Å²) >= 11 is 0. The zero-order valence-corrected chi connectivity index (χ0v) is 16.5. The van der Waals surface area contributed by atoms with E-state index in [1.165, 1.54) is 31.2 Å². The van der Waals surface area contributed by atoms with Crippen molar-refractivity contribution in [1.82, 2.24) is 10.6 Å². The van der Waals surface area contributed by atoms with Crippen molar-refractivity contribution < 1.29 is 10.2 Å². The Morgan fingerprint density at radius 3 is 2.19 bits per heavy atom. The topological polar surface area (TPSA) is 64.5 Å². The van der Waals surface area contributed by atoms with E-state index in [0.29, 0.717) is 5.92 Å². The van der Waals surface area contributed by atoms with Crippen LogP contribution < -0.4 is 10.6 Å². The number of nitrogens with one attached hydrogen (secondary N) is 2. The molecule has 2 aromatic carbocycles. The van der Waals surface area contributed by atoms with Crippen LogP contribution in [0.5, 0.6) is 11.5 Å². The van der Waals surface area contributed by atoms with Crippen LogP contribution in [0.1, 0.15) is 49.7 Å². The molecule has 0 aliphatic rings. The standard InChI is InChI=1S/C23H34N2O2/c1-19(21-9-5-4-6-10-21)18-25-15-8-3-2-7-14-24-16-13-20-11-12-22(26)23(27)17-20/h4-6,9-12,17,19,24-27H,2-3,7-8,13-16,18H2,1H3. The Balaban J connectivity index is 1.40. The number of rotatable bonds is 13. The Kier molecular flexibility index (Phi) is 9.74. The van der Waals surface area contributed by atoms with E-state index in [9.17, 15) is 10.2 Å². The average Bonchev–Trinajstić information content (AvgIpc) is 2.69. The quantitative estimate of drug-likeness (QED) is 0.315. The maximum absolute atomic E-state index is 9.47. The molecule has 1 atom stereocenters. The van der Waals surface area contributed by atoms with Gasteiger partial charge in [0.2, 0.25) is 0 Å². The minimum absolute atomic E-state index is 0.0423. The molecule has 27 heavy (non-hydrogen) atoms. The van der Waals surface area contributed by atoms with Crippen LogP contribution in [0.2, 0.25) is 0 Å². The minimum atomic E-state index is -0.0595. The van der Waals surface area contributed by atoms with Gasteiger partial charge in [0.1, 0.15) is 0 Å². The highest BCUT2D eigenvalue weighted by Gasteiger charge is 2.03. The van der Waals surface area contributed by atoms with E-state index in [1.807, 2.05) is 6.07 Å². The third-order valence-corrected chi connectivity index (χ3v) is 4.91. The van der Waals surface area contributed by atoms with Gasteiger partial charge >= 0.3 is 0 Å². The van der Waals surface area contributed by atoms with Gasteiger partial charge in [-0.3, -0.25) is 0 Å². The lowest BCUT2D eigenvalue weighted by molar-refractivity contribution is 0.403. The fourth-order valence-corrected chi connectivity index (χ4v) is 3.15. The predicted octanol–water partition coefficient (Wildman–Crippen LogP) is 4.18. The van der Waals surface area contributed by atoms with E-state index in [0.717, 1.165) is 38.2 Å². The number of hydrogen-bond acceptors (Lipinski definition) is 4. The predicted molar refractivity (Wildman–Crippen MR) is 113 cm³/mol. The molecule has 4 nitrogen and oxygen atoms in total. The van der Waals surface area contributed by atoms with E-state index in [-0.39, 0.29) is 11.5 Å². The number of phenols is 2. The Morgan fingerprint density at radius 2 is 1.48 bits per heavy atom. The molecule has 0 bridgehead atoms. The molecule has 0 aliphatic heterocycles. The first-order valence-electron chi connectivity index (χ1n) is 10.1. The molecule has 0 fully saturated rings. The van der Waals surface area contributed by atoms with Gasteiger partial charge < -0.3 is 20.8 Å². The van der Waals surface area contributed by atoms with Gasteiger partial charge in [-0.1, -0.05) is 56.2 Å². The van der Waals surface area contributed by atoms with Crippen molar-refractivity contribution in [3.63, 3.8) is 0 Å². The highest BCUT2D eigenvalue weighted by Crippen LogP contribution is 2.24. The van der Waals surface area contributed by atoms with Crippen LogP contribution in [0, 0.1) is 0 Å². The average molecular weight is 371 g/mol. The molecule has 0 amide bonds. The van der Waals surface area contributed by atoms with Crippen molar-refractivity contribution in [3.05, 3.63) is 59.7 Å². The second kappa shape index (κ2) is 12.4. The highest BCUT2D eigenvalue weighted by atomic mass is 16.3. The molecule has 0 aliphatic carbocycles. The van der Waals surface area contributed by atoms with Gasteiger partial charge in [0.25, 0.3) is 0 Å². The lowest BCUT2D eigenvalue weighted by atomic mass is 10.0. The van der Waals surface area contributed by atoms with E-state index in [2.05, 4.69) is 47.9 Å². The third kappa shape index (κ3) is 8.46. The molecule has 2 rings (SSSR count). The van der Waals surface area contributed by atoms with Crippen LogP contribution in [0.4, 0.5) is 0 Å². The van der Waals surface area contributed by atoms with Crippen molar-refractivity contribution >= 4 is 0 Å². The fourth-order valence-electron chi connectivity index (χ4n) is 3.15. The first-order chi connectivity index (χ1) is 13.2. The summed E-state index contributed by atoms with van der Waals surface area (Å²) in [4.78, 5) is 0. The molecule has 148 valence electrons. The molecule has 4 N–H and O–H groups in total. The molecule has 0 saturated heterocycles. The van der Waals surface area contributed by atoms with Gasteiger partial charge in [-0.15, -0.1) is 0 Å². The summed E-state index contributed by atoms with van der Waals surface area (Å²) in [7, 11) is 0. The molecular weight excluding hydrogens is 336 g/mol. The van der Waals surface area contributed by atoms with Gasteiger partial charge in [0.05, 0.1) is 0 Å². The van der Waals surface area contributed by atoms with Gasteiger partial charge in [0, 0.05) is 6.54 Å². The Hall–Kier alpha value is -2.04. The van der Waals surface area contributed by atoms with Gasteiger partial charge in [-0.2, -0.15) is 0 Å². The summed E-state index contributed by atoms with van der Waals surface area (Å²) in [6.07, 6.45) is 5.80. The lowest BCUT2D eigenvalue weighted by Gasteiger charge is -2.13. The highest BCUT2D eigenvalue weighted by molar-refractivity contribution is 5.40. The first-order valence-corrected chi connectivity index (χ1v) is 10.1. The summed E-state index contributed by atoms with van der Waals surface area (Å²) < 4.78 is 0. The zero-order valence-electron chi connectivity index (χ0n) is 16.5. The van der Waals surface area contributed by atoms with Crippen LogP contribution >= 0.6 is 0 Å². The number of aromatic hydroxyl groups is 2. The minimum Gasteiger partial charge on any atom is -0.504 e. The van der Waals surface area contributed by atoms with Crippen LogP contribution in [-0.4, -0.2) is 36.4 Å². The largest absolute Gasteiger partial charge is 0.504 e. The van der Waals surface area contributed by atoms with Crippen LogP contribution in [0.25, 0.3) is 0 Å².